The lowest BCUT2D eigenvalue weighted by atomic mass is 9.90. The molecule has 0 atom stereocenters. The number of halogens is 1. The number of carbonyl (C=O) groups excluding carboxylic acids is 1. The number of aromatic nitrogens is 3. The summed E-state index contributed by atoms with van der Waals surface area (Å²) in [4.78, 5) is 26.0. The number of hydrogen-bond donors (Lipinski definition) is 4. The molecular weight excluding hydrogens is 459 g/mol. The Balaban J connectivity index is 1.68. The maximum atomic E-state index is 14.4. The molecule has 2 aromatic heterocycles. The molecule has 3 heterocycles. The van der Waals surface area contributed by atoms with Crippen molar-refractivity contribution in [3.8, 4) is 6.07 Å². The lowest BCUT2D eigenvalue weighted by Crippen LogP contribution is -2.31. The van der Waals surface area contributed by atoms with Crippen molar-refractivity contribution >= 4 is 29.2 Å². The number of fused-ring (bicyclic) bond motifs is 1. The number of pyridine rings is 1. The van der Waals surface area contributed by atoms with E-state index in [0.717, 1.165) is 25.2 Å². The first-order valence-corrected chi connectivity index (χ1v) is 11.8. The highest BCUT2D eigenvalue weighted by atomic mass is 19.1. The molecule has 1 aliphatic rings. The summed E-state index contributed by atoms with van der Waals surface area (Å²) in [5, 5.41) is 21.8. The number of hydrogen-bond acceptors (Lipinski definition) is 8. The van der Waals surface area contributed by atoms with Crippen molar-refractivity contribution in [1.82, 2.24) is 25.6 Å². The van der Waals surface area contributed by atoms with Gasteiger partial charge in [-0.3, -0.25) is 4.79 Å². The largest absolute Gasteiger partial charge is 0.350 e. The predicted molar refractivity (Wildman–Crippen MR) is 136 cm³/mol. The van der Waals surface area contributed by atoms with E-state index in [1.165, 1.54) is 29.5 Å². The molecule has 0 aliphatic carbocycles. The zero-order valence-electron chi connectivity index (χ0n) is 20.7. The molecule has 0 saturated heterocycles. The highest BCUT2D eigenvalue weighted by Gasteiger charge is 2.26. The van der Waals surface area contributed by atoms with Crippen molar-refractivity contribution in [2.24, 2.45) is 0 Å². The van der Waals surface area contributed by atoms with Gasteiger partial charge in [-0.15, -0.1) is 0 Å². The van der Waals surface area contributed by atoms with Gasteiger partial charge in [-0.05, 0) is 76.1 Å². The van der Waals surface area contributed by atoms with Gasteiger partial charge in [-0.25, -0.2) is 14.4 Å². The van der Waals surface area contributed by atoms with E-state index in [4.69, 9.17) is 0 Å². The molecule has 0 unspecified atom stereocenters. The Labute approximate surface area is 209 Å². The lowest BCUT2D eigenvalue weighted by molar-refractivity contribution is 0.0943. The van der Waals surface area contributed by atoms with E-state index >= 15 is 0 Å². The maximum absolute atomic E-state index is 14.4. The van der Waals surface area contributed by atoms with Crippen LogP contribution in [0.15, 0.2) is 36.5 Å². The molecule has 0 radical (unpaired) electrons. The molecule has 4 rings (SSSR count). The van der Waals surface area contributed by atoms with Crippen molar-refractivity contribution in [2.75, 3.05) is 17.2 Å². The van der Waals surface area contributed by atoms with Crippen LogP contribution in [0.4, 0.5) is 27.7 Å². The van der Waals surface area contributed by atoms with Gasteiger partial charge in [0.2, 0.25) is 5.95 Å². The Morgan fingerprint density at radius 2 is 1.97 bits per heavy atom. The van der Waals surface area contributed by atoms with Gasteiger partial charge in [0.05, 0.1) is 17.2 Å². The van der Waals surface area contributed by atoms with E-state index in [1.54, 1.807) is 13.8 Å². The average Bonchev–Trinajstić information content (AvgIpc) is 2.84. The Hall–Kier alpha value is -4.10. The van der Waals surface area contributed by atoms with Crippen molar-refractivity contribution in [2.45, 2.75) is 52.1 Å². The van der Waals surface area contributed by atoms with E-state index in [9.17, 15) is 14.4 Å². The van der Waals surface area contributed by atoms with Crippen LogP contribution in [0.1, 0.15) is 54.9 Å². The summed E-state index contributed by atoms with van der Waals surface area (Å²) in [6.07, 6.45) is 2.41. The number of anilines is 4. The fraction of sp³-hybridized carbons (Fsp3) is 0.346. The number of nitrogens with zero attached hydrogens (tertiary/aromatic N) is 4. The van der Waals surface area contributed by atoms with Gasteiger partial charge in [-0.1, -0.05) is 6.07 Å². The molecule has 0 spiro atoms. The first-order valence-electron chi connectivity index (χ1n) is 11.8. The molecular formula is C26H29FN8O. The second-order valence-corrected chi connectivity index (χ2v) is 9.51. The number of nitriles is 1. The molecule has 36 heavy (non-hydrogen) atoms. The average molecular weight is 489 g/mol. The highest BCUT2D eigenvalue weighted by Crippen LogP contribution is 2.27. The van der Waals surface area contributed by atoms with Crippen LogP contribution < -0.4 is 21.3 Å². The maximum Gasteiger partial charge on any atom is 0.256 e. The summed E-state index contributed by atoms with van der Waals surface area (Å²) in [6.45, 7) is 8.64. The molecule has 0 fully saturated rings. The van der Waals surface area contributed by atoms with Gasteiger partial charge in [0, 0.05) is 24.5 Å². The molecule has 1 aromatic carbocycles. The monoisotopic (exact) mass is 488 g/mol. The molecule has 3 aromatic rings. The minimum Gasteiger partial charge on any atom is -0.350 e. The van der Waals surface area contributed by atoms with Crippen LogP contribution in [0.5, 0.6) is 0 Å². The van der Waals surface area contributed by atoms with E-state index in [2.05, 4.69) is 54.4 Å². The van der Waals surface area contributed by atoms with Gasteiger partial charge in [-0.2, -0.15) is 10.2 Å². The summed E-state index contributed by atoms with van der Waals surface area (Å²) in [7, 11) is 0. The van der Waals surface area contributed by atoms with Crippen LogP contribution in [0.25, 0.3) is 0 Å². The Kier molecular flexibility index (Phi) is 7.12. The fourth-order valence-corrected chi connectivity index (χ4v) is 3.86. The molecule has 4 N–H and O–H groups in total. The SMILES string of the molecule is CC(C)NC(=O)c1cnc(Nc2ccc3c(c2)CNCC3)nc1Nc1ccc(F)c(C(C)(C)C#N)n1. The molecule has 10 heteroatoms. The van der Waals surface area contributed by atoms with E-state index in [1.807, 2.05) is 19.9 Å². The fourth-order valence-electron chi connectivity index (χ4n) is 3.86. The summed E-state index contributed by atoms with van der Waals surface area (Å²) in [5.74, 6) is -0.222. The third-order valence-corrected chi connectivity index (χ3v) is 5.77. The van der Waals surface area contributed by atoms with Crippen molar-refractivity contribution < 1.29 is 9.18 Å². The summed E-state index contributed by atoms with van der Waals surface area (Å²) in [6, 6.07) is 10.7. The van der Waals surface area contributed by atoms with E-state index < -0.39 is 11.2 Å². The van der Waals surface area contributed by atoms with Gasteiger partial charge in [0.25, 0.3) is 5.91 Å². The van der Waals surface area contributed by atoms with Crippen LogP contribution >= 0.6 is 0 Å². The zero-order valence-corrected chi connectivity index (χ0v) is 20.7. The second-order valence-electron chi connectivity index (χ2n) is 9.51. The Morgan fingerprint density at radius 1 is 1.17 bits per heavy atom. The second kappa shape index (κ2) is 10.3. The third kappa shape index (κ3) is 5.58. The van der Waals surface area contributed by atoms with E-state index in [-0.39, 0.29) is 40.8 Å². The van der Waals surface area contributed by atoms with Crippen LogP contribution in [0.2, 0.25) is 0 Å². The summed E-state index contributed by atoms with van der Waals surface area (Å²) in [5.41, 5.74) is 2.40. The number of amides is 1. The molecule has 0 saturated carbocycles. The van der Waals surface area contributed by atoms with Crippen LogP contribution in [-0.2, 0) is 18.4 Å². The molecule has 186 valence electrons. The van der Waals surface area contributed by atoms with E-state index in [0.29, 0.717) is 0 Å². The highest BCUT2D eigenvalue weighted by molar-refractivity contribution is 5.99. The van der Waals surface area contributed by atoms with Gasteiger partial charge < -0.3 is 21.3 Å². The first-order chi connectivity index (χ1) is 17.2. The smallest absolute Gasteiger partial charge is 0.256 e. The first kappa shape index (κ1) is 25.0. The van der Waals surface area contributed by atoms with Gasteiger partial charge in [0.1, 0.15) is 23.0 Å². The standard InChI is InChI=1S/C26H29FN8O/c1-15(2)31-24(36)19-13-30-25(32-18-6-5-16-9-10-29-12-17(16)11-18)35-23(19)34-21-8-7-20(27)22(33-21)26(3,4)14-28/h5-8,11,13,15,29H,9-10,12H2,1-4H3,(H,31,36)(H2,30,32,33,34,35). The number of rotatable bonds is 7. The molecule has 1 amide bonds. The zero-order chi connectivity index (χ0) is 25.9. The third-order valence-electron chi connectivity index (χ3n) is 5.77. The van der Waals surface area contributed by atoms with Crippen molar-refractivity contribution in [1.29, 1.82) is 5.26 Å². The summed E-state index contributed by atoms with van der Waals surface area (Å²) < 4.78 is 14.4. The van der Waals surface area contributed by atoms with Crippen molar-refractivity contribution in [3.63, 3.8) is 0 Å². The van der Waals surface area contributed by atoms with Crippen LogP contribution in [-0.4, -0.2) is 33.4 Å². The van der Waals surface area contributed by atoms with Gasteiger partial charge in [0.15, 0.2) is 0 Å². The molecule has 0 bridgehead atoms. The number of carbonyl (C=O) groups is 1. The van der Waals surface area contributed by atoms with Crippen LogP contribution in [0.3, 0.4) is 0 Å². The minimum atomic E-state index is -1.14. The topological polar surface area (TPSA) is 128 Å². The number of benzene rings is 1. The lowest BCUT2D eigenvalue weighted by Gasteiger charge is -2.19. The van der Waals surface area contributed by atoms with Crippen molar-refractivity contribution in [3.05, 3.63) is 64.7 Å². The van der Waals surface area contributed by atoms with Gasteiger partial charge >= 0.3 is 0 Å². The summed E-state index contributed by atoms with van der Waals surface area (Å²) >= 11 is 0. The van der Waals surface area contributed by atoms with Crippen LogP contribution in [0, 0.1) is 17.1 Å². The number of nitrogens with one attached hydrogen (secondary N) is 4. The molecule has 9 nitrogen and oxygen atoms in total. The molecule has 1 aliphatic heterocycles. The minimum absolute atomic E-state index is 0.00162. The normalized spacial score (nSPS) is 13.0. The Bertz CT molecular complexity index is 1330. The Morgan fingerprint density at radius 3 is 2.72 bits per heavy atom. The quantitative estimate of drug-likeness (QED) is 0.392. The predicted octanol–water partition coefficient (Wildman–Crippen LogP) is 4.08.